The van der Waals surface area contributed by atoms with E-state index < -0.39 is 10.5 Å². The number of anilines is 1. The van der Waals surface area contributed by atoms with Crippen LogP contribution in [0.5, 0.6) is 0 Å². The molecule has 110 valence electrons. The van der Waals surface area contributed by atoms with Crippen LogP contribution in [0.4, 0.5) is 11.4 Å². The fourth-order valence-corrected chi connectivity index (χ4v) is 1.62. The van der Waals surface area contributed by atoms with Crippen molar-refractivity contribution >= 4 is 17.3 Å². The molecule has 20 heavy (non-hydrogen) atoms. The first kappa shape index (κ1) is 15.9. The Hall–Kier alpha value is -2.15. The van der Waals surface area contributed by atoms with Crippen molar-refractivity contribution in [2.45, 2.75) is 19.4 Å². The topological polar surface area (TPSA) is 102 Å². The van der Waals surface area contributed by atoms with E-state index in [1.165, 1.54) is 11.0 Å². The van der Waals surface area contributed by atoms with Crippen LogP contribution in [0.3, 0.4) is 0 Å². The lowest BCUT2D eigenvalue weighted by molar-refractivity contribution is -0.384. The first-order chi connectivity index (χ1) is 9.20. The summed E-state index contributed by atoms with van der Waals surface area (Å²) in [5.41, 5.74) is 5.66. The third-order valence-corrected chi connectivity index (χ3v) is 2.61. The number of nitrogens with zero attached hydrogens (tertiary/aromatic N) is 2. The maximum atomic E-state index is 11.8. The molecule has 0 fully saturated rings. The maximum Gasteiger partial charge on any atom is 0.292 e. The van der Waals surface area contributed by atoms with Gasteiger partial charge in [0.2, 0.25) is 5.91 Å². The molecule has 0 heterocycles. The van der Waals surface area contributed by atoms with Gasteiger partial charge in [-0.3, -0.25) is 14.9 Å². The zero-order valence-electron chi connectivity index (χ0n) is 11.9. The lowest BCUT2D eigenvalue weighted by atomic mass is 10.1. The number of likely N-dealkylation sites (N-methyl/N-ethyl adjacent to an activating group) is 1. The molecular weight excluding hydrogens is 260 g/mol. The smallest absolute Gasteiger partial charge is 0.292 e. The second-order valence-electron chi connectivity index (χ2n) is 5.37. The molecule has 0 aliphatic rings. The van der Waals surface area contributed by atoms with Crippen molar-refractivity contribution in [1.29, 1.82) is 0 Å². The number of carbonyl (C=O) groups is 1. The minimum atomic E-state index is -0.493. The number of nitrogens with one attached hydrogen (secondary N) is 1. The summed E-state index contributed by atoms with van der Waals surface area (Å²) < 4.78 is 0. The SMILES string of the molecule is CN(CC(=O)NCC(C)(C)N)c1ccccc1[N+](=O)[O-]. The van der Waals surface area contributed by atoms with Gasteiger partial charge in [0, 0.05) is 25.2 Å². The van der Waals surface area contributed by atoms with Gasteiger partial charge in [0.25, 0.3) is 5.69 Å². The number of para-hydroxylation sites is 2. The Morgan fingerprint density at radius 1 is 1.45 bits per heavy atom. The third-order valence-electron chi connectivity index (χ3n) is 2.61. The molecule has 1 aromatic rings. The molecule has 1 amide bonds. The highest BCUT2D eigenvalue weighted by Gasteiger charge is 2.18. The Bertz CT molecular complexity index is 497. The van der Waals surface area contributed by atoms with E-state index in [0.29, 0.717) is 12.2 Å². The van der Waals surface area contributed by atoms with E-state index in [0.717, 1.165) is 0 Å². The summed E-state index contributed by atoms with van der Waals surface area (Å²) in [4.78, 5) is 23.8. The third kappa shape index (κ3) is 4.85. The van der Waals surface area contributed by atoms with Crippen LogP contribution in [0, 0.1) is 10.1 Å². The number of nitro groups is 1. The highest BCUT2D eigenvalue weighted by molar-refractivity contribution is 5.82. The molecule has 1 rings (SSSR count). The zero-order valence-corrected chi connectivity index (χ0v) is 11.9. The summed E-state index contributed by atoms with van der Waals surface area (Å²) in [6.07, 6.45) is 0. The van der Waals surface area contributed by atoms with Gasteiger partial charge in [0.1, 0.15) is 5.69 Å². The van der Waals surface area contributed by atoms with Crippen LogP contribution in [-0.4, -0.2) is 36.5 Å². The first-order valence-corrected chi connectivity index (χ1v) is 6.21. The highest BCUT2D eigenvalue weighted by atomic mass is 16.6. The molecular formula is C13H20N4O3. The lowest BCUT2D eigenvalue weighted by Crippen LogP contribution is -2.47. The van der Waals surface area contributed by atoms with E-state index >= 15 is 0 Å². The minimum absolute atomic E-state index is 0.0260. The molecule has 0 saturated heterocycles. The summed E-state index contributed by atoms with van der Waals surface area (Å²) >= 11 is 0. The van der Waals surface area contributed by atoms with Gasteiger partial charge < -0.3 is 16.0 Å². The van der Waals surface area contributed by atoms with E-state index in [2.05, 4.69) is 5.32 Å². The summed E-state index contributed by atoms with van der Waals surface area (Å²) in [5, 5.41) is 13.6. The van der Waals surface area contributed by atoms with Crippen molar-refractivity contribution in [3.63, 3.8) is 0 Å². The average Bonchev–Trinajstić information content (AvgIpc) is 2.35. The van der Waals surface area contributed by atoms with Crippen LogP contribution in [0.15, 0.2) is 24.3 Å². The van der Waals surface area contributed by atoms with Crippen LogP contribution in [0.2, 0.25) is 0 Å². The van der Waals surface area contributed by atoms with Crippen molar-refractivity contribution in [1.82, 2.24) is 5.32 Å². The van der Waals surface area contributed by atoms with Gasteiger partial charge in [0.05, 0.1) is 11.5 Å². The van der Waals surface area contributed by atoms with Crippen molar-refractivity contribution in [3.05, 3.63) is 34.4 Å². The Morgan fingerprint density at radius 3 is 2.60 bits per heavy atom. The number of hydrogen-bond donors (Lipinski definition) is 2. The average molecular weight is 280 g/mol. The standard InChI is InChI=1S/C13H20N4O3/c1-13(2,14)9-15-12(18)8-16(3)10-6-4-5-7-11(10)17(19)20/h4-7H,8-9,14H2,1-3H3,(H,15,18). The fraction of sp³-hybridized carbons (Fsp3) is 0.462. The Kier molecular flexibility index (Phi) is 5.04. The van der Waals surface area contributed by atoms with Crippen molar-refractivity contribution < 1.29 is 9.72 Å². The van der Waals surface area contributed by atoms with Crippen LogP contribution >= 0.6 is 0 Å². The second kappa shape index (κ2) is 6.33. The Balaban J connectivity index is 2.70. The number of nitrogens with two attached hydrogens (primary N) is 1. The molecule has 0 radical (unpaired) electrons. The molecule has 0 saturated carbocycles. The fourth-order valence-electron chi connectivity index (χ4n) is 1.62. The Morgan fingerprint density at radius 2 is 2.05 bits per heavy atom. The number of carbonyl (C=O) groups excluding carboxylic acids is 1. The molecule has 0 aromatic heterocycles. The van der Waals surface area contributed by atoms with Gasteiger partial charge in [-0.25, -0.2) is 0 Å². The zero-order chi connectivity index (χ0) is 15.3. The summed E-state index contributed by atoms with van der Waals surface area (Å²) in [6.45, 7) is 3.98. The molecule has 0 bridgehead atoms. The van der Waals surface area contributed by atoms with Crippen LogP contribution < -0.4 is 16.0 Å². The van der Waals surface area contributed by atoms with Gasteiger partial charge in [-0.2, -0.15) is 0 Å². The number of nitro benzene ring substituents is 1. The van der Waals surface area contributed by atoms with Crippen LogP contribution in [-0.2, 0) is 4.79 Å². The number of amides is 1. The van der Waals surface area contributed by atoms with E-state index in [9.17, 15) is 14.9 Å². The molecule has 7 heteroatoms. The van der Waals surface area contributed by atoms with E-state index in [4.69, 9.17) is 5.73 Å². The monoisotopic (exact) mass is 280 g/mol. The molecule has 0 aliphatic heterocycles. The summed E-state index contributed by atoms with van der Waals surface area (Å²) in [7, 11) is 1.63. The van der Waals surface area contributed by atoms with Crippen molar-refractivity contribution in [3.8, 4) is 0 Å². The summed E-state index contributed by atoms with van der Waals surface area (Å²) in [6, 6.07) is 6.30. The van der Waals surface area contributed by atoms with Crippen molar-refractivity contribution in [2.24, 2.45) is 5.73 Å². The molecule has 0 unspecified atom stereocenters. The predicted octanol–water partition coefficient (Wildman–Crippen LogP) is 0.885. The quantitative estimate of drug-likeness (QED) is 0.595. The van der Waals surface area contributed by atoms with E-state index in [1.54, 1.807) is 39.1 Å². The van der Waals surface area contributed by atoms with Gasteiger partial charge in [0.15, 0.2) is 0 Å². The second-order valence-corrected chi connectivity index (χ2v) is 5.37. The van der Waals surface area contributed by atoms with Crippen LogP contribution in [0.25, 0.3) is 0 Å². The van der Waals surface area contributed by atoms with Crippen LogP contribution in [0.1, 0.15) is 13.8 Å². The normalized spacial score (nSPS) is 11.0. The van der Waals surface area contributed by atoms with Gasteiger partial charge in [-0.1, -0.05) is 12.1 Å². The highest BCUT2D eigenvalue weighted by Crippen LogP contribution is 2.26. The van der Waals surface area contributed by atoms with Gasteiger partial charge in [-0.15, -0.1) is 0 Å². The van der Waals surface area contributed by atoms with Gasteiger partial charge in [-0.05, 0) is 19.9 Å². The van der Waals surface area contributed by atoms with E-state index in [1.807, 2.05) is 0 Å². The van der Waals surface area contributed by atoms with Crippen molar-refractivity contribution in [2.75, 3.05) is 25.0 Å². The lowest BCUT2D eigenvalue weighted by Gasteiger charge is -2.22. The molecule has 0 spiro atoms. The Labute approximate surface area is 117 Å². The summed E-state index contributed by atoms with van der Waals surface area (Å²) in [5.74, 6) is -0.232. The molecule has 0 aliphatic carbocycles. The van der Waals surface area contributed by atoms with Gasteiger partial charge >= 0.3 is 0 Å². The molecule has 1 aromatic carbocycles. The maximum absolute atomic E-state index is 11.8. The molecule has 3 N–H and O–H groups in total. The van der Waals surface area contributed by atoms with E-state index in [-0.39, 0.29) is 18.1 Å². The molecule has 0 atom stereocenters. The predicted molar refractivity (Wildman–Crippen MR) is 77.6 cm³/mol. The number of hydrogen-bond acceptors (Lipinski definition) is 5. The largest absolute Gasteiger partial charge is 0.360 e. The first-order valence-electron chi connectivity index (χ1n) is 6.21. The molecule has 7 nitrogen and oxygen atoms in total. The number of rotatable bonds is 6. The number of benzene rings is 1. The minimum Gasteiger partial charge on any atom is -0.360 e.